The SMILES string of the molecule is Cn1nccc1C(O)C(O)C(=O)O. The first-order chi connectivity index (χ1) is 6.04. The zero-order valence-electron chi connectivity index (χ0n) is 6.95. The number of aryl methyl sites for hydroxylation is 1. The van der Waals surface area contributed by atoms with Crippen molar-refractivity contribution in [3.8, 4) is 0 Å². The van der Waals surface area contributed by atoms with E-state index in [1.165, 1.54) is 16.9 Å². The maximum absolute atomic E-state index is 10.3. The van der Waals surface area contributed by atoms with Gasteiger partial charge in [0.15, 0.2) is 6.10 Å². The molecular weight excluding hydrogens is 176 g/mol. The molecule has 2 atom stereocenters. The Bertz CT molecular complexity index is 309. The van der Waals surface area contributed by atoms with Crippen molar-refractivity contribution in [3.05, 3.63) is 18.0 Å². The van der Waals surface area contributed by atoms with Crippen molar-refractivity contribution in [2.24, 2.45) is 7.05 Å². The monoisotopic (exact) mass is 186 g/mol. The Morgan fingerprint density at radius 1 is 1.62 bits per heavy atom. The summed E-state index contributed by atoms with van der Waals surface area (Å²) in [5.41, 5.74) is 0.259. The van der Waals surface area contributed by atoms with Crippen LogP contribution in [0, 0.1) is 0 Å². The van der Waals surface area contributed by atoms with Crippen LogP contribution in [0.2, 0.25) is 0 Å². The number of hydrogen-bond acceptors (Lipinski definition) is 4. The van der Waals surface area contributed by atoms with Crippen LogP contribution in [0.3, 0.4) is 0 Å². The first-order valence-corrected chi connectivity index (χ1v) is 3.61. The topological polar surface area (TPSA) is 95.6 Å². The number of carbonyl (C=O) groups is 1. The Hall–Kier alpha value is -1.40. The fraction of sp³-hybridized carbons (Fsp3) is 0.429. The normalized spacial score (nSPS) is 15.3. The lowest BCUT2D eigenvalue weighted by atomic mass is 10.1. The van der Waals surface area contributed by atoms with Gasteiger partial charge in [-0.15, -0.1) is 0 Å². The fourth-order valence-corrected chi connectivity index (χ4v) is 0.971. The quantitative estimate of drug-likeness (QED) is 0.556. The lowest BCUT2D eigenvalue weighted by Crippen LogP contribution is -2.28. The largest absolute Gasteiger partial charge is 0.479 e. The zero-order chi connectivity index (χ0) is 10.0. The van der Waals surface area contributed by atoms with Crippen LogP contribution in [-0.2, 0) is 11.8 Å². The number of aliphatic hydroxyl groups is 2. The van der Waals surface area contributed by atoms with E-state index in [0.29, 0.717) is 0 Å². The first kappa shape index (κ1) is 9.69. The smallest absolute Gasteiger partial charge is 0.335 e. The van der Waals surface area contributed by atoms with E-state index in [0.717, 1.165) is 0 Å². The van der Waals surface area contributed by atoms with Crippen LogP contribution in [0.5, 0.6) is 0 Å². The van der Waals surface area contributed by atoms with Gasteiger partial charge in [0.25, 0.3) is 0 Å². The number of nitrogens with zero attached hydrogens (tertiary/aromatic N) is 2. The third-order valence-corrected chi connectivity index (χ3v) is 1.71. The molecule has 0 bridgehead atoms. The Labute approximate surface area is 74.0 Å². The summed E-state index contributed by atoms with van der Waals surface area (Å²) in [4.78, 5) is 10.3. The van der Waals surface area contributed by atoms with Crippen molar-refractivity contribution >= 4 is 5.97 Å². The van der Waals surface area contributed by atoms with Crippen LogP contribution >= 0.6 is 0 Å². The van der Waals surface area contributed by atoms with Gasteiger partial charge in [-0.1, -0.05) is 0 Å². The summed E-state index contributed by atoms with van der Waals surface area (Å²) in [5, 5.41) is 30.5. The molecule has 0 amide bonds. The van der Waals surface area contributed by atoms with Gasteiger partial charge in [-0.3, -0.25) is 4.68 Å². The molecule has 3 N–H and O–H groups in total. The molecule has 0 saturated heterocycles. The van der Waals surface area contributed by atoms with Crippen molar-refractivity contribution in [2.45, 2.75) is 12.2 Å². The summed E-state index contributed by atoms with van der Waals surface area (Å²) in [6, 6.07) is 1.44. The van der Waals surface area contributed by atoms with E-state index in [9.17, 15) is 9.90 Å². The van der Waals surface area contributed by atoms with E-state index in [2.05, 4.69) is 5.10 Å². The molecule has 0 radical (unpaired) electrons. The number of hydrogen-bond donors (Lipinski definition) is 3. The van der Waals surface area contributed by atoms with Gasteiger partial charge in [0.2, 0.25) is 0 Å². The predicted octanol–water partition coefficient (Wildman–Crippen LogP) is -1.10. The molecule has 6 heteroatoms. The molecule has 13 heavy (non-hydrogen) atoms. The third kappa shape index (κ3) is 1.85. The molecule has 0 aliphatic rings. The van der Waals surface area contributed by atoms with Crippen LogP contribution in [0.4, 0.5) is 0 Å². The average Bonchev–Trinajstić information content (AvgIpc) is 2.48. The van der Waals surface area contributed by atoms with Crippen LogP contribution in [0.1, 0.15) is 11.8 Å². The van der Waals surface area contributed by atoms with Crippen LogP contribution in [0.15, 0.2) is 12.3 Å². The second kappa shape index (κ2) is 3.55. The van der Waals surface area contributed by atoms with E-state index in [-0.39, 0.29) is 5.69 Å². The van der Waals surface area contributed by atoms with Gasteiger partial charge in [0.05, 0.1) is 5.69 Å². The maximum Gasteiger partial charge on any atom is 0.335 e. The molecule has 0 aromatic carbocycles. The number of carboxylic acid groups (broad SMARTS) is 1. The molecule has 0 saturated carbocycles. The summed E-state index contributed by atoms with van der Waals surface area (Å²) in [5.74, 6) is -1.46. The Morgan fingerprint density at radius 3 is 2.62 bits per heavy atom. The molecule has 0 fully saturated rings. The van der Waals surface area contributed by atoms with Gasteiger partial charge >= 0.3 is 5.97 Å². The summed E-state index contributed by atoms with van der Waals surface area (Å²) >= 11 is 0. The highest BCUT2D eigenvalue weighted by Gasteiger charge is 2.26. The van der Waals surface area contributed by atoms with Crippen LogP contribution < -0.4 is 0 Å². The minimum absolute atomic E-state index is 0.259. The molecule has 1 aromatic heterocycles. The van der Waals surface area contributed by atoms with Crippen LogP contribution in [0.25, 0.3) is 0 Å². The van der Waals surface area contributed by atoms with E-state index in [1.807, 2.05) is 0 Å². The van der Waals surface area contributed by atoms with Gasteiger partial charge in [0.1, 0.15) is 6.10 Å². The summed E-state index contributed by atoms with van der Waals surface area (Å²) in [6.07, 6.45) is -1.87. The van der Waals surface area contributed by atoms with E-state index >= 15 is 0 Å². The molecule has 0 aliphatic carbocycles. The lowest BCUT2D eigenvalue weighted by Gasteiger charge is -2.13. The highest BCUT2D eigenvalue weighted by Crippen LogP contribution is 2.15. The highest BCUT2D eigenvalue weighted by atomic mass is 16.4. The minimum Gasteiger partial charge on any atom is -0.479 e. The van der Waals surface area contributed by atoms with Crippen molar-refractivity contribution in [1.29, 1.82) is 0 Å². The van der Waals surface area contributed by atoms with Crippen molar-refractivity contribution < 1.29 is 20.1 Å². The molecule has 6 nitrogen and oxygen atoms in total. The second-order valence-corrected chi connectivity index (χ2v) is 2.61. The first-order valence-electron chi connectivity index (χ1n) is 3.61. The number of aliphatic carboxylic acids is 1. The molecule has 72 valence electrons. The summed E-state index contributed by atoms with van der Waals surface area (Å²) < 4.78 is 1.30. The van der Waals surface area contributed by atoms with Crippen molar-refractivity contribution in [3.63, 3.8) is 0 Å². The van der Waals surface area contributed by atoms with E-state index < -0.39 is 18.2 Å². The summed E-state index contributed by atoms with van der Waals surface area (Å²) in [7, 11) is 1.55. The number of aromatic nitrogens is 2. The predicted molar refractivity (Wildman–Crippen MR) is 41.8 cm³/mol. The molecule has 2 unspecified atom stereocenters. The summed E-state index contributed by atoms with van der Waals surface area (Å²) in [6.45, 7) is 0. The Balaban J connectivity index is 2.85. The van der Waals surface area contributed by atoms with Crippen LogP contribution in [-0.4, -0.2) is 37.2 Å². The molecule has 1 heterocycles. The molecular formula is C7H10N2O4. The lowest BCUT2D eigenvalue weighted by molar-refractivity contribution is -0.153. The molecule has 0 spiro atoms. The number of rotatable bonds is 3. The second-order valence-electron chi connectivity index (χ2n) is 2.61. The van der Waals surface area contributed by atoms with E-state index in [4.69, 9.17) is 10.2 Å². The standard InChI is InChI=1S/C7H10N2O4/c1-9-4(2-3-8-9)5(10)6(11)7(12)13/h2-3,5-6,10-11H,1H3,(H,12,13). The third-order valence-electron chi connectivity index (χ3n) is 1.71. The van der Waals surface area contributed by atoms with Gasteiger partial charge in [-0.2, -0.15) is 5.10 Å². The number of carboxylic acids is 1. The van der Waals surface area contributed by atoms with Gasteiger partial charge in [0, 0.05) is 13.2 Å². The number of aliphatic hydroxyl groups excluding tert-OH is 2. The molecule has 1 rings (SSSR count). The minimum atomic E-state index is -1.82. The highest BCUT2D eigenvalue weighted by molar-refractivity contribution is 5.72. The van der Waals surface area contributed by atoms with Gasteiger partial charge in [-0.05, 0) is 6.07 Å². The Kier molecular flexibility index (Phi) is 2.64. The molecule has 1 aromatic rings. The van der Waals surface area contributed by atoms with Gasteiger partial charge in [-0.25, -0.2) is 4.79 Å². The van der Waals surface area contributed by atoms with Crippen molar-refractivity contribution in [2.75, 3.05) is 0 Å². The van der Waals surface area contributed by atoms with Crippen molar-refractivity contribution in [1.82, 2.24) is 9.78 Å². The fourth-order valence-electron chi connectivity index (χ4n) is 0.971. The maximum atomic E-state index is 10.3. The Morgan fingerprint density at radius 2 is 2.23 bits per heavy atom. The molecule has 0 aliphatic heterocycles. The van der Waals surface area contributed by atoms with E-state index in [1.54, 1.807) is 7.05 Å². The average molecular weight is 186 g/mol. The van der Waals surface area contributed by atoms with Gasteiger partial charge < -0.3 is 15.3 Å². The zero-order valence-corrected chi connectivity index (χ0v) is 6.95.